The number of aromatic hydroxyl groups is 1. The van der Waals surface area contributed by atoms with Gasteiger partial charge in [-0.25, -0.2) is 4.79 Å². The topological polar surface area (TPSA) is 82.2 Å². The van der Waals surface area contributed by atoms with Crippen LogP contribution in [0.15, 0.2) is 29.1 Å². The third kappa shape index (κ3) is 2.57. The fourth-order valence-corrected chi connectivity index (χ4v) is 2.37. The summed E-state index contributed by atoms with van der Waals surface area (Å²) in [6.45, 7) is 1.60. The molecule has 1 aromatic heterocycles. The molecule has 1 aliphatic heterocycles. The van der Waals surface area contributed by atoms with Crippen LogP contribution in [0, 0.1) is 0 Å². The molecule has 7 heteroatoms. The molecular formula is C13H16N4O3. The molecule has 2 aromatic rings. The second kappa shape index (κ2) is 5.46. The quantitative estimate of drug-likeness (QED) is 0.885. The van der Waals surface area contributed by atoms with Gasteiger partial charge in [0, 0.05) is 13.2 Å². The molecule has 0 spiro atoms. The molecule has 1 N–H and O–H groups in total. The highest BCUT2D eigenvalue weighted by molar-refractivity contribution is 5.27. The number of tetrazole rings is 1. The maximum atomic E-state index is 12.3. The molecule has 2 heterocycles. The smallest absolute Gasteiger partial charge is 0.364 e. The first-order chi connectivity index (χ1) is 9.74. The summed E-state index contributed by atoms with van der Waals surface area (Å²) in [6.07, 6.45) is 1.56. The summed E-state index contributed by atoms with van der Waals surface area (Å²) in [5, 5.41) is 17.3. The van der Waals surface area contributed by atoms with E-state index in [0.717, 1.165) is 18.4 Å². The van der Waals surface area contributed by atoms with Gasteiger partial charge in [-0.3, -0.25) is 0 Å². The highest BCUT2D eigenvalue weighted by Gasteiger charge is 2.20. The Hall–Kier alpha value is -2.15. The largest absolute Gasteiger partial charge is 0.508 e. The molecule has 0 radical (unpaired) electrons. The number of rotatable bonds is 3. The first-order valence-electron chi connectivity index (χ1n) is 6.62. The maximum absolute atomic E-state index is 12.3. The Bertz CT molecular complexity index is 643. The molecule has 0 bridgehead atoms. The molecule has 0 atom stereocenters. The van der Waals surface area contributed by atoms with Gasteiger partial charge in [0.25, 0.3) is 0 Å². The molecule has 0 saturated carbocycles. The third-order valence-corrected chi connectivity index (χ3v) is 3.44. The van der Waals surface area contributed by atoms with Crippen LogP contribution >= 0.6 is 0 Å². The zero-order valence-corrected chi connectivity index (χ0v) is 11.0. The summed E-state index contributed by atoms with van der Waals surface area (Å²) < 4.78 is 8.02. The van der Waals surface area contributed by atoms with Crippen molar-refractivity contribution in [2.24, 2.45) is 0 Å². The van der Waals surface area contributed by atoms with E-state index < -0.39 is 0 Å². The minimum atomic E-state index is -0.222. The molecule has 0 amide bonds. The van der Waals surface area contributed by atoms with Gasteiger partial charge < -0.3 is 9.84 Å². The summed E-state index contributed by atoms with van der Waals surface area (Å²) in [4.78, 5) is 12.3. The van der Waals surface area contributed by atoms with Crippen LogP contribution in [0.25, 0.3) is 0 Å². The first kappa shape index (κ1) is 12.9. The number of phenolic OH excluding ortho intramolecular Hbond substituents is 1. The zero-order chi connectivity index (χ0) is 13.9. The zero-order valence-electron chi connectivity index (χ0n) is 11.0. The van der Waals surface area contributed by atoms with Crippen molar-refractivity contribution in [3.05, 3.63) is 40.3 Å². The second-order valence-corrected chi connectivity index (χ2v) is 4.88. The van der Waals surface area contributed by atoms with Gasteiger partial charge in [-0.1, -0.05) is 12.1 Å². The normalized spacial score (nSPS) is 16.4. The monoisotopic (exact) mass is 276 g/mol. The third-order valence-electron chi connectivity index (χ3n) is 3.44. The van der Waals surface area contributed by atoms with Crippen molar-refractivity contribution < 1.29 is 9.84 Å². The number of hydrogen-bond donors (Lipinski definition) is 1. The van der Waals surface area contributed by atoms with E-state index >= 15 is 0 Å². The molecule has 7 nitrogen and oxygen atoms in total. The summed E-state index contributed by atoms with van der Waals surface area (Å²) in [5.74, 6) is 0.173. The van der Waals surface area contributed by atoms with Crippen LogP contribution < -0.4 is 5.69 Å². The predicted octanol–water partition coefficient (Wildman–Crippen LogP) is 0.545. The highest BCUT2D eigenvalue weighted by atomic mass is 16.5. The van der Waals surface area contributed by atoms with Crippen LogP contribution in [0.5, 0.6) is 5.75 Å². The lowest BCUT2D eigenvalue weighted by molar-refractivity contribution is 0.0647. The Morgan fingerprint density at radius 2 is 2.10 bits per heavy atom. The number of phenols is 1. The predicted molar refractivity (Wildman–Crippen MR) is 70.6 cm³/mol. The van der Waals surface area contributed by atoms with Crippen LogP contribution in [-0.4, -0.2) is 38.1 Å². The van der Waals surface area contributed by atoms with E-state index in [1.165, 1.54) is 9.36 Å². The van der Waals surface area contributed by atoms with Gasteiger partial charge in [-0.05, 0) is 41.0 Å². The first-order valence-corrected chi connectivity index (χ1v) is 6.62. The van der Waals surface area contributed by atoms with E-state index in [-0.39, 0.29) is 17.5 Å². The molecule has 1 aliphatic rings. The lowest BCUT2D eigenvalue weighted by Gasteiger charge is -2.20. The van der Waals surface area contributed by atoms with Gasteiger partial charge in [0.05, 0.1) is 12.6 Å². The molecule has 20 heavy (non-hydrogen) atoms. The Balaban J connectivity index is 1.81. The van der Waals surface area contributed by atoms with E-state index in [1.54, 1.807) is 18.2 Å². The minimum absolute atomic E-state index is 0.0641. The molecule has 0 unspecified atom stereocenters. The van der Waals surface area contributed by atoms with Crippen LogP contribution in [0.3, 0.4) is 0 Å². The number of benzene rings is 1. The standard InChI is InChI=1S/C13H16N4O3/c18-12-3-1-2-10(8-12)9-16-13(19)17(15-14-16)11-4-6-20-7-5-11/h1-3,8,11,18H,4-7,9H2. The molecule has 1 fully saturated rings. The van der Waals surface area contributed by atoms with Gasteiger partial charge >= 0.3 is 5.69 Å². The average molecular weight is 276 g/mol. The number of hydrogen-bond acceptors (Lipinski definition) is 5. The highest BCUT2D eigenvalue weighted by Crippen LogP contribution is 2.17. The molecule has 106 valence electrons. The Kier molecular flexibility index (Phi) is 3.51. The van der Waals surface area contributed by atoms with E-state index in [1.807, 2.05) is 6.07 Å². The van der Waals surface area contributed by atoms with Gasteiger partial charge in [0.15, 0.2) is 0 Å². The van der Waals surface area contributed by atoms with Gasteiger partial charge in [0.2, 0.25) is 0 Å². The van der Waals surface area contributed by atoms with Crippen LogP contribution in [0.4, 0.5) is 0 Å². The van der Waals surface area contributed by atoms with Crippen molar-refractivity contribution in [1.82, 2.24) is 19.8 Å². The molecule has 1 aromatic carbocycles. The Morgan fingerprint density at radius 3 is 2.85 bits per heavy atom. The van der Waals surface area contributed by atoms with Crippen LogP contribution in [0.2, 0.25) is 0 Å². The molecule has 1 saturated heterocycles. The van der Waals surface area contributed by atoms with E-state index in [4.69, 9.17) is 4.74 Å². The van der Waals surface area contributed by atoms with Crippen molar-refractivity contribution in [2.75, 3.05) is 13.2 Å². The number of ether oxygens (including phenoxy) is 1. The van der Waals surface area contributed by atoms with Gasteiger partial charge in [-0.2, -0.15) is 9.36 Å². The summed E-state index contributed by atoms with van der Waals surface area (Å²) >= 11 is 0. The SMILES string of the molecule is O=c1n(Cc2cccc(O)c2)nnn1C1CCOCC1. The van der Waals surface area contributed by atoms with Crippen molar-refractivity contribution in [2.45, 2.75) is 25.4 Å². The fourth-order valence-electron chi connectivity index (χ4n) is 2.37. The van der Waals surface area contributed by atoms with Crippen molar-refractivity contribution >= 4 is 0 Å². The van der Waals surface area contributed by atoms with E-state index in [0.29, 0.717) is 19.8 Å². The average Bonchev–Trinajstić information content (AvgIpc) is 2.81. The molecule has 0 aliphatic carbocycles. The lowest BCUT2D eigenvalue weighted by atomic mass is 10.1. The summed E-state index contributed by atoms with van der Waals surface area (Å²) in [5.41, 5.74) is 0.589. The molecular weight excluding hydrogens is 260 g/mol. The Morgan fingerprint density at radius 1 is 1.30 bits per heavy atom. The maximum Gasteiger partial charge on any atom is 0.364 e. The van der Waals surface area contributed by atoms with Crippen molar-refractivity contribution in [3.8, 4) is 5.75 Å². The lowest BCUT2D eigenvalue weighted by Crippen LogP contribution is -2.31. The number of aromatic nitrogens is 4. The van der Waals surface area contributed by atoms with Crippen molar-refractivity contribution in [1.29, 1.82) is 0 Å². The van der Waals surface area contributed by atoms with Crippen LogP contribution in [-0.2, 0) is 11.3 Å². The Labute approximate surface area is 115 Å². The fraction of sp³-hybridized carbons (Fsp3) is 0.462. The van der Waals surface area contributed by atoms with E-state index in [9.17, 15) is 9.90 Å². The second-order valence-electron chi connectivity index (χ2n) is 4.88. The van der Waals surface area contributed by atoms with Crippen LogP contribution in [0.1, 0.15) is 24.4 Å². The van der Waals surface area contributed by atoms with Gasteiger partial charge in [0.1, 0.15) is 5.75 Å². The van der Waals surface area contributed by atoms with Gasteiger partial charge in [-0.15, -0.1) is 0 Å². The summed E-state index contributed by atoms with van der Waals surface area (Å²) in [7, 11) is 0. The number of nitrogens with zero attached hydrogens (tertiary/aromatic N) is 4. The molecule has 3 rings (SSSR count). The minimum Gasteiger partial charge on any atom is -0.508 e. The summed E-state index contributed by atoms with van der Waals surface area (Å²) in [6, 6.07) is 6.83. The van der Waals surface area contributed by atoms with E-state index in [2.05, 4.69) is 10.4 Å². The van der Waals surface area contributed by atoms with Crippen molar-refractivity contribution in [3.63, 3.8) is 0 Å².